The molecule has 0 aromatic heterocycles. The molecule has 0 radical (unpaired) electrons. The van der Waals surface area contributed by atoms with Gasteiger partial charge < -0.3 is 31.5 Å². The number of rotatable bonds is 8. The first kappa shape index (κ1) is 30.5. The maximum absolute atomic E-state index is 14.1. The molecule has 0 saturated heterocycles. The molecule has 0 spiro atoms. The largest absolute Gasteiger partial charge is 0.508 e. The summed E-state index contributed by atoms with van der Waals surface area (Å²) in [5.74, 6) is -7.69. The Kier molecular flexibility index (Phi) is 8.00. The van der Waals surface area contributed by atoms with E-state index in [1.165, 1.54) is 6.07 Å². The highest BCUT2D eigenvalue weighted by atomic mass is 16.3. The number of hydrogen-bond donors (Lipinski definition) is 6. The van der Waals surface area contributed by atoms with Crippen LogP contribution in [0.4, 0.5) is 0 Å². The quantitative estimate of drug-likeness (QED) is 0.198. The number of Topliss-reactive ketones (excluding diaryl/α,β-unsaturated/α-hetero) is 2. The van der Waals surface area contributed by atoms with E-state index in [1.807, 2.05) is 6.07 Å². The van der Waals surface area contributed by atoms with E-state index in [0.29, 0.717) is 12.1 Å². The van der Waals surface area contributed by atoms with Crippen molar-refractivity contribution in [3.05, 3.63) is 69.5 Å². The molecule has 7 N–H and O–H groups in total. The summed E-state index contributed by atoms with van der Waals surface area (Å²) in [6.07, 6.45) is 2.10. The van der Waals surface area contributed by atoms with Crippen LogP contribution in [0, 0.1) is 23.7 Å². The van der Waals surface area contributed by atoms with Gasteiger partial charge in [0.2, 0.25) is 5.78 Å². The van der Waals surface area contributed by atoms with Gasteiger partial charge >= 0.3 is 0 Å². The van der Waals surface area contributed by atoms with Crippen LogP contribution >= 0.6 is 0 Å². The van der Waals surface area contributed by atoms with E-state index < -0.39 is 57.9 Å². The number of aliphatic hydroxyl groups excluding tert-OH is 2. The second-order valence-electron chi connectivity index (χ2n) is 12.3. The summed E-state index contributed by atoms with van der Waals surface area (Å²) in [6, 6.07) is 9.57. The van der Waals surface area contributed by atoms with Gasteiger partial charge in [-0.1, -0.05) is 45.9 Å². The molecular weight excluding hydrogens is 548 g/mol. The van der Waals surface area contributed by atoms with E-state index >= 15 is 0 Å². The van der Waals surface area contributed by atoms with Crippen molar-refractivity contribution < 1.29 is 34.8 Å². The summed E-state index contributed by atoms with van der Waals surface area (Å²) in [6.45, 7) is 9.23. The lowest BCUT2D eigenvalue weighted by Crippen LogP contribution is -2.62. The van der Waals surface area contributed by atoms with Crippen LogP contribution < -0.4 is 11.1 Å². The zero-order valence-electron chi connectivity index (χ0n) is 25.0. The number of aliphatic hydroxyl groups is 3. The van der Waals surface area contributed by atoms with E-state index in [1.54, 1.807) is 13.8 Å². The number of amides is 1. The number of aryl methyl sites for hydroxylation is 1. The number of aromatic hydroxyl groups is 1. The van der Waals surface area contributed by atoms with E-state index in [9.17, 15) is 34.8 Å². The molecule has 2 aromatic rings. The molecule has 5 rings (SSSR count). The molecule has 228 valence electrons. The second kappa shape index (κ2) is 11.3. The van der Waals surface area contributed by atoms with Crippen LogP contribution in [0.5, 0.6) is 5.75 Å². The Morgan fingerprint density at radius 1 is 1.09 bits per heavy atom. The first-order valence-electron chi connectivity index (χ1n) is 15.0. The van der Waals surface area contributed by atoms with E-state index in [4.69, 9.17) is 5.73 Å². The number of phenolic OH excluding ortho intramolecular Hbond substituents is 1. The number of carbonyl (C=O) groups excluding carboxylic acids is 3. The highest BCUT2D eigenvalue weighted by molar-refractivity contribution is 6.23. The minimum Gasteiger partial charge on any atom is -0.508 e. The number of fused-ring (bicyclic) bond motifs is 3. The average molecular weight is 589 g/mol. The Labute approximate surface area is 251 Å². The lowest BCUT2D eigenvalue weighted by molar-refractivity contribution is -0.155. The van der Waals surface area contributed by atoms with Crippen LogP contribution in [0.15, 0.2) is 47.2 Å². The van der Waals surface area contributed by atoms with Crippen molar-refractivity contribution in [2.75, 3.05) is 6.54 Å². The van der Waals surface area contributed by atoms with Gasteiger partial charge in [-0.2, -0.15) is 0 Å². The molecule has 1 saturated carbocycles. The Morgan fingerprint density at radius 3 is 2.44 bits per heavy atom. The zero-order chi connectivity index (χ0) is 31.4. The predicted molar refractivity (Wildman–Crippen MR) is 162 cm³/mol. The molecule has 1 amide bonds. The van der Waals surface area contributed by atoms with Gasteiger partial charge in [0.25, 0.3) is 5.91 Å². The summed E-state index contributed by atoms with van der Waals surface area (Å²) in [5.41, 5.74) is 6.60. The van der Waals surface area contributed by atoms with E-state index in [0.717, 1.165) is 41.6 Å². The third-order valence-corrected chi connectivity index (χ3v) is 9.45. The lowest BCUT2D eigenvalue weighted by atomic mass is 9.54. The van der Waals surface area contributed by atoms with Gasteiger partial charge in [-0.05, 0) is 84.0 Å². The SMILES string of the molecule is CCCNCc1ccc(CC)c(-c2ccc(O)c3c2C[C@H]2C[C@H]4[C@H](C(C)C)C(=O)C(C(N)=O)=C(O)[C@@]4(O)C(=O)C2=C3O)c1. The first-order valence-corrected chi connectivity index (χ1v) is 15.0. The number of phenols is 1. The Hall–Kier alpha value is -3.95. The smallest absolute Gasteiger partial charge is 0.255 e. The normalized spacial score (nSPS) is 25.1. The molecule has 2 aromatic carbocycles. The molecule has 0 aliphatic heterocycles. The zero-order valence-corrected chi connectivity index (χ0v) is 25.0. The topological polar surface area (TPSA) is 170 Å². The molecule has 0 heterocycles. The fraction of sp³-hybridized carbons (Fsp3) is 0.441. The molecule has 0 unspecified atom stereocenters. The van der Waals surface area contributed by atoms with Gasteiger partial charge in [0.15, 0.2) is 11.4 Å². The molecule has 9 heteroatoms. The van der Waals surface area contributed by atoms with Crippen molar-refractivity contribution in [3.8, 4) is 16.9 Å². The molecule has 4 atom stereocenters. The summed E-state index contributed by atoms with van der Waals surface area (Å²) in [7, 11) is 0. The maximum atomic E-state index is 14.1. The summed E-state index contributed by atoms with van der Waals surface area (Å²) in [4.78, 5) is 39.7. The van der Waals surface area contributed by atoms with Crippen molar-refractivity contribution in [1.82, 2.24) is 5.32 Å². The van der Waals surface area contributed by atoms with Gasteiger partial charge in [0.1, 0.15) is 22.8 Å². The number of benzene rings is 2. The number of hydrogen-bond acceptors (Lipinski definition) is 8. The van der Waals surface area contributed by atoms with Crippen molar-refractivity contribution in [1.29, 1.82) is 0 Å². The molecule has 3 aliphatic carbocycles. The standard InChI is InChI=1S/C34H40N2O7/c1-5-11-36-15-17-7-8-18(6-2)21(12-17)20-9-10-24(37)27-22(20)13-19-14-23-25(16(3)4)29(38)28(33(35)42)32(41)34(23,43)31(40)26(19)30(27)39/h7-10,12,16,19,23,25,36-37,39,41,43H,5-6,11,13-15H2,1-4H3,(H2,35,42)/t19-,23-,25-,34-/m0/s1. The highest BCUT2D eigenvalue weighted by Crippen LogP contribution is 2.55. The van der Waals surface area contributed by atoms with E-state index in [-0.39, 0.29) is 35.6 Å². The van der Waals surface area contributed by atoms with Crippen LogP contribution in [0.3, 0.4) is 0 Å². The van der Waals surface area contributed by atoms with Gasteiger partial charge in [-0.3, -0.25) is 14.4 Å². The molecule has 0 bridgehead atoms. The van der Waals surface area contributed by atoms with Gasteiger partial charge in [-0.25, -0.2) is 0 Å². The maximum Gasteiger partial charge on any atom is 0.255 e. The van der Waals surface area contributed by atoms with E-state index in [2.05, 4.69) is 37.4 Å². The molecule has 3 aliphatic rings. The van der Waals surface area contributed by atoms with Gasteiger partial charge in [0.05, 0.1) is 5.56 Å². The number of ketones is 2. The fourth-order valence-electron chi connectivity index (χ4n) is 7.44. The summed E-state index contributed by atoms with van der Waals surface area (Å²) >= 11 is 0. The summed E-state index contributed by atoms with van der Waals surface area (Å²) < 4.78 is 0. The van der Waals surface area contributed by atoms with Crippen molar-refractivity contribution in [2.24, 2.45) is 29.4 Å². The minimum atomic E-state index is -2.62. The Balaban J connectivity index is 1.69. The lowest BCUT2D eigenvalue weighted by Gasteiger charge is -2.50. The molecule has 43 heavy (non-hydrogen) atoms. The summed E-state index contributed by atoms with van der Waals surface area (Å²) in [5, 5.41) is 48.9. The van der Waals surface area contributed by atoms with Gasteiger partial charge in [0, 0.05) is 24.0 Å². The number of primary amides is 1. The van der Waals surface area contributed by atoms with Crippen LogP contribution in [0.1, 0.15) is 62.8 Å². The van der Waals surface area contributed by atoms with Crippen molar-refractivity contribution in [3.63, 3.8) is 0 Å². The third kappa shape index (κ3) is 4.66. The number of carbonyl (C=O) groups is 3. The van der Waals surface area contributed by atoms with Crippen LogP contribution in [0.25, 0.3) is 16.9 Å². The molecule has 9 nitrogen and oxygen atoms in total. The Bertz CT molecular complexity index is 1590. The monoisotopic (exact) mass is 588 g/mol. The molecule has 1 fully saturated rings. The molecular formula is C34H40N2O7. The van der Waals surface area contributed by atoms with Crippen LogP contribution in [0.2, 0.25) is 0 Å². The predicted octanol–water partition coefficient (Wildman–Crippen LogP) is 4.04. The minimum absolute atomic E-state index is 0.0858. The Morgan fingerprint density at radius 2 is 1.81 bits per heavy atom. The third-order valence-electron chi connectivity index (χ3n) is 9.45. The fourth-order valence-corrected chi connectivity index (χ4v) is 7.44. The van der Waals surface area contributed by atoms with Crippen molar-refractivity contribution >= 4 is 23.2 Å². The van der Waals surface area contributed by atoms with Crippen LogP contribution in [-0.2, 0) is 33.8 Å². The highest BCUT2D eigenvalue weighted by Gasteiger charge is 2.64. The number of nitrogens with one attached hydrogen (secondary N) is 1. The first-order chi connectivity index (χ1) is 20.4. The van der Waals surface area contributed by atoms with Crippen molar-refractivity contribution in [2.45, 2.75) is 65.5 Å². The number of nitrogens with two attached hydrogens (primary N) is 1. The van der Waals surface area contributed by atoms with Crippen LogP contribution in [-0.4, -0.2) is 50.0 Å². The average Bonchev–Trinajstić information content (AvgIpc) is 2.95. The second-order valence-corrected chi connectivity index (χ2v) is 12.3. The van der Waals surface area contributed by atoms with Gasteiger partial charge in [-0.15, -0.1) is 0 Å².